The standard InChI is InChI=1S/C44H71N5O11/c1-12-28(6)39(48(9)43(56)37(26(2)3)46-42(55)38(27(4)5)47(8)34(50)21-16-22-36(52)53)33(59-10)25-35(51)49-23-17-20-32(49)40(60-11)29(7)41(54)45-31(44(57)58)24-30-18-14-13-15-19-30/h13-15,18-19,26-29,31-33,37-40H,12,16-17,20-25H2,1-11H3,(H,45,54)(H,46,55)(H,52,53)(H,57,58)/t28?,29-,31+,32+,33-,37+,38+,39+,40-/m1/s1. The summed E-state index contributed by atoms with van der Waals surface area (Å²) in [6.45, 7) is 13.2. The van der Waals surface area contributed by atoms with Crippen LogP contribution in [0.4, 0.5) is 0 Å². The van der Waals surface area contributed by atoms with Crippen LogP contribution in [0.5, 0.6) is 0 Å². The molecule has 0 radical (unpaired) electrons. The van der Waals surface area contributed by atoms with Crippen LogP contribution in [-0.2, 0) is 49.5 Å². The van der Waals surface area contributed by atoms with Gasteiger partial charge in [-0.2, -0.15) is 0 Å². The van der Waals surface area contributed by atoms with Crippen LogP contribution in [0.2, 0.25) is 0 Å². The predicted molar refractivity (Wildman–Crippen MR) is 225 cm³/mol. The molecule has 5 amide bonds. The molecule has 2 rings (SSSR count). The number of aliphatic carboxylic acids is 2. The van der Waals surface area contributed by atoms with Crippen molar-refractivity contribution < 1.29 is 53.2 Å². The van der Waals surface area contributed by atoms with Crippen LogP contribution >= 0.6 is 0 Å². The molecule has 0 bridgehead atoms. The lowest BCUT2D eigenvalue weighted by Crippen LogP contribution is -2.60. The third kappa shape index (κ3) is 14.3. The summed E-state index contributed by atoms with van der Waals surface area (Å²) in [7, 11) is 6.10. The molecule has 0 saturated carbocycles. The Morgan fingerprint density at radius 3 is 2.00 bits per heavy atom. The molecule has 1 aliphatic rings. The molecule has 1 aromatic rings. The van der Waals surface area contributed by atoms with Crippen molar-refractivity contribution in [2.75, 3.05) is 34.9 Å². The lowest BCUT2D eigenvalue weighted by molar-refractivity contribution is -0.149. The number of rotatable bonds is 25. The number of ether oxygens (including phenoxy) is 2. The number of carboxylic acids is 2. The Balaban J connectivity index is 2.28. The van der Waals surface area contributed by atoms with Gasteiger partial charge in [-0.05, 0) is 42.6 Å². The van der Waals surface area contributed by atoms with Crippen LogP contribution < -0.4 is 10.6 Å². The van der Waals surface area contributed by atoms with Crippen molar-refractivity contribution in [2.45, 2.75) is 142 Å². The lowest BCUT2D eigenvalue weighted by Gasteiger charge is -2.41. The Bertz CT molecular complexity index is 1590. The number of hydrogen-bond acceptors (Lipinski definition) is 9. The monoisotopic (exact) mass is 846 g/mol. The molecule has 9 atom stereocenters. The molecule has 16 nitrogen and oxygen atoms in total. The Morgan fingerprint density at radius 2 is 1.48 bits per heavy atom. The zero-order valence-corrected chi connectivity index (χ0v) is 37.5. The molecule has 16 heteroatoms. The number of benzene rings is 1. The van der Waals surface area contributed by atoms with E-state index in [0.717, 1.165) is 5.56 Å². The van der Waals surface area contributed by atoms with Crippen molar-refractivity contribution in [3.05, 3.63) is 35.9 Å². The summed E-state index contributed by atoms with van der Waals surface area (Å²) in [5, 5.41) is 24.5. The number of carbonyl (C=O) groups excluding carboxylic acids is 5. The van der Waals surface area contributed by atoms with Gasteiger partial charge in [-0.15, -0.1) is 0 Å². The quantitative estimate of drug-likeness (QED) is 0.112. The predicted octanol–water partition coefficient (Wildman–Crippen LogP) is 3.60. The highest BCUT2D eigenvalue weighted by atomic mass is 16.5. The van der Waals surface area contributed by atoms with Crippen LogP contribution in [-0.4, -0.2) is 144 Å². The van der Waals surface area contributed by atoms with E-state index in [4.69, 9.17) is 14.6 Å². The Labute approximate surface area is 356 Å². The molecule has 338 valence electrons. The van der Waals surface area contributed by atoms with Gasteiger partial charge in [0, 0.05) is 54.1 Å². The van der Waals surface area contributed by atoms with Crippen molar-refractivity contribution in [1.82, 2.24) is 25.3 Å². The highest BCUT2D eigenvalue weighted by Gasteiger charge is 2.43. The van der Waals surface area contributed by atoms with Crippen molar-refractivity contribution in [2.24, 2.45) is 23.7 Å². The second-order valence-corrected chi connectivity index (χ2v) is 16.8. The minimum Gasteiger partial charge on any atom is -0.481 e. The summed E-state index contributed by atoms with van der Waals surface area (Å²) in [6, 6.07) is 4.90. The molecule has 4 N–H and O–H groups in total. The normalized spacial score (nSPS) is 18.1. The number of amides is 5. The van der Waals surface area contributed by atoms with Gasteiger partial charge in [0.25, 0.3) is 0 Å². The van der Waals surface area contributed by atoms with E-state index in [9.17, 15) is 38.7 Å². The molecule has 1 aromatic carbocycles. The molecule has 1 saturated heterocycles. The second kappa shape index (κ2) is 24.6. The minimum atomic E-state index is -1.16. The molecule has 1 unspecified atom stereocenters. The van der Waals surface area contributed by atoms with E-state index < -0.39 is 72.1 Å². The molecule has 1 aliphatic heterocycles. The molecule has 0 spiro atoms. The maximum atomic E-state index is 14.4. The first-order valence-electron chi connectivity index (χ1n) is 21.2. The molecule has 60 heavy (non-hydrogen) atoms. The van der Waals surface area contributed by atoms with Crippen LogP contribution in [0.3, 0.4) is 0 Å². The van der Waals surface area contributed by atoms with Gasteiger partial charge in [0.2, 0.25) is 29.5 Å². The average molecular weight is 846 g/mol. The largest absolute Gasteiger partial charge is 0.481 e. The van der Waals surface area contributed by atoms with E-state index in [1.165, 1.54) is 26.2 Å². The van der Waals surface area contributed by atoms with E-state index in [1.54, 1.807) is 61.9 Å². The summed E-state index contributed by atoms with van der Waals surface area (Å²) in [5.41, 5.74) is 0.762. The zero-order chi connectivity index (χ0) is 45.4. The Kier molecular flexibility index (Phi) is 21.2. The molecule has 0 aliphatic carbocycles. The number of nitrogens with one attached hydrogen (secondary N) is 2. The van der Waals surface area contributed by atoms with Crippen molar-refractivity contribution >= 4 is 41.5 Å². The van der Waals surface area contributed by atoms with Gasteiger partial charge in [-0.3, -0.25) is 28.8 Å². The lowest BCUT2D eigenvalue weighted by atomic mass is 9.89. The van der Waals surface area contributed by atoms with Crippen LogP contribution in [0.25, 0.3) is 0 Å². The number of hydrogen-bond donors (Lipinski definition) is 4. The van der Waals surface area contributed by atoms with E-state index in [1.807, 2.05) is 33.8 Å². The minimum absolute atomic E-state index is 0.0383. The number of likely N-dealkylation sites (tertiary alicyclic amines) is 1. The Morgan fingerprint density at radius 1 is 0.850 bits per heavy atom. The third-order valence-corrected chi connectivity index (χ3v) is 11.9. The summed E-state index contributed by atoms with van der Waals surface area (Å²) in [4.78, 5) is 96.7. The third-order valence-electron chi connectivity index (χ3n) is 11.9. The maximum absolute atomic E-state index is 14.4. The molecule has 0 aromatic heterocycles. The van der Waals surface area contributed by atoms with E-state index in [2.05, 4.69) is 10.6 Å². The fourth-order valence-electron chi connectivity index (χ4n) is 8.28. The van der Waals surface area contributed by atoms with Gasteiger partial charge >= 0.3 is 11.9 Å². The fourth-order valence-corrected chi connectivity index (χ4v) is 8.28. The number of nitrogens with zero attached hydrogens (tertiary/aromatic N) is 3. The van der Waals surface area contributed by atoms with Crippen LogP contribution in [0.15, 0.2) is 30.3 Å². The summed E-state index contributed by atoms with van der Waals surface area (Å²) >= 11 is 0. The summed E-state index contributed by atoms with van der Waals surface area (Å²) in [5.74, 6) is -5.80. The number of methoxy groups -OCH3 is 2. The fraction of sp³-hybridized carbons (Fsp3) is 0.705. The van der Waals surface area contributed by atoms with Gasteiger partial charge in [-0.1, -0.05) is 85.2 Å². The zero-order valence-electron chi connectivity index (χ0n) is 37.5. The van der Waals surface area contributed by atoms with Crippen LogP contribution in [0.1, 0.15) is 99.0 Å². The highest BCUT2D eigenvalue weighted by Crippen LogP contribution is 2.30. The van der Waals surface area contributed by atoms with Crippen molar-refractivity contribution in [3.63, 3.8) is 0 Å². The topological polar surface area (TPSA) is 212 Å². The van der Waals surface area contributed by atoms with E-state index in [0.29, 0.717) is 25.8 Å². The molecular weight excluding hydrogens is 775 g/mol. The average Bonchev–Trinajstić information content (AvgIpc) is 3.68. The maximum Gasteiger partial charge on any atom is 0.326 e. The number of likely N-dealkylation sites (N-methyl/N-ethyl adjacent to an activating group) is 2. The van der Waals surface area contributed by atoms with Gasteiger partial charge in [0.1, 0.15) is 18.1 Å². The molecule has 1 heterocycles. The Hall–Kier alpha value is -4.57. The van der Waals surface area contributed by atoms with Gasteiger partial charge in [0.15, 0.2) is 0 Å². The van der Waals surface area contributed by atoms with Gasteiger partial charge in [0.05, 0.1) is 36.6 Å². The van der Waals surface area contributed by atoms with Crippen LogP contribution in [0, 0.1) is 23.7 Å². The summed E-state index contributed by atoms with van der Waals surface area (Å²) < 4.78 is 11.9. The van der Waals surface area contributed by atoms with Gasteiger partial charge in [-0.25, -0.2) is 4.79 Å². The smallest absolute Gasteiger partial charge is 0.326 e. The van der Waals surface area contributed by atoms with E-state index >= 15 is 0 Å². The summed E-state index contributed by atoms with van der Waals surface area (Å²) in [6.07, 6.45) is 0.333. The van der Waals surface area contributed by atoms with Crippen molar-refractivity contribution in [1.29, 1.82) is 0 Å². The first-order chi connectivity index (χ1) is 28.2. The molecule has 1 fully saturated rings. The second-order valence-electron chi connectivity index (χ2n) is 16.8. The first kappa shape index (κ1) is 51.6. The molecular formula is C44H71N5O11. The van der Waals surface area contributed by atoms with Crippen molar-refractivity contribution in [3.8, 4) is 0 Å². The SMILES string of the molecule is CCC(C)[C@@H]([C@@H](CC(=O)N1CCC[C@H]1[C@H](OC)[C@@H](C)C(=O)N[C@@H](Cc1ccccc1)C(=O)O)OC)N(C)C(=O)[C@@H](NC(=O)[C@H](C(C)C)N(C)C(=O)CCCC(=O)O)C(C)C. The van der Waals surface area contributed by atoms with Gasteiger partial charge < -0.3 is 45.0 Å². The number of carboxylic acid groups (broad SMARTS) is 2. The first-order valence-corrected chi connectivity index (χ1v) is 21.2. The number of carbonyl (C=O) groups is 7. The van der Waals surface area contributed by atoms with E-state index in [-0.39, 0.29) is 67.6 Å². The highest BCUT2D eigenvalue weighted by molar-refractivity contribution is 5.92.